The minimum atomic E-state index is -0.0642. The van der Waals surface area contributed by atoms with Crippen molar-refractivity contribution in [2.75, 3.05) is 12.4 Å². The average molecular weight is 351 g/mol. The van der Waals surface area contributed by atoms with Crippen LogP contribution < -0.4 is 10.1 Å². The van der Waals surface area contributed by atoms with E-state index in [0.29, 0.717) is 19.1 Å². The van der Waals surface area contributed by atoms with Gasteiger partial charge in [0.2, 0.25) is 5.91 Å². The first-order valence-electron chi connectivity index (χ1n) is 8.93. The molecule has 1 aliphatic carbocycles. The largest absolute Gasteiger partial charge is 0.497 e. The normalized spacial score (nSPS) is 14.2. The maximum atomic E-state index is 12.1. The fourth-order valence-electron chi connectivity index (χ4n) is 2.79. The Morgan fingerprint density at radius 2 is 1.85 bits per heavy atom. The van der Waals surface area contributed by atoms with E-state index in [1.807, 2.05) is 55.5 Å². The number of hydrogen-bond acceptors (Lipinski definition) is 3. The van der Waals surface area contributed by atoms with Gasteiger partial charge >= 0.3 is 0 Å². The van der Waals surface area contributed by atoms with Crippen LogP contribution in [0.4, 0.5) is 5.69 Å². The van der Waals surface area contributed by atoms with E-state index in [2.05, 4.69) is 5.32 Å². The molecule has 1 N–H and O–H groups in total. The van der Waals surface area contributed by atoms with E-state index in [1.54, 1.807) is 13.2 Å². The van der Waals surface area contributed by atoms with E-state index < -0.39 is 0 Å². The molecule has 1 saturated carbocycles. The van der Waals surface area contributed by atoms with Gasteiger partial charge < -0.3 is 14.8 Å². The van der Waals surface area contributed by atoms with Gasteiger partial charge in [-0.1, -0.05) is 29.8 Å². The summed E-state index contributed by atoms with van der Waals surface area (Å²) >= 11 is 0. The smallest absolute Gasteiger partial charge is 0.248 e. The van der Waals surface area contributed by atoms with E-state index in [1.165, 1.54) is 18.4 Å². The molecule has 0 radical (unpaired) electrons. The van der Waals surface area contributed by atoms with Crippen molar-refractivity contribution in [1.29, 1.82) is 0 Å². The molecule has 136 valence electrons. The summed E-state index contributed by atoms with van der Waals surface area (Å²) in [5.74, 6) is 1.38. The fraction of sp³-hybridized carbons (Fsp3) is 0.318. The lowest BCUT2D eigenvalue weighted by Crippen LogP contribution is -2.09. The zero-order valence-corrected chi connectivity index (χ0v) is 15.3. The third-order valence-corrected chi connectivity index (χ3v) is 4.47. The molecule has 1 aliphatic rings. The summed E-state index contributed by atoms with van der Waals surface area (Å²) in [5.41, 5.74) is 4.08. The third-order valence-electron chi connectivity index (χ3n) is 4.47. The summed E-state index contributed by atoms with van der Waals surface area (Å²) in [6.07, 6.45) is 4.12. The van der Waals surface area contributed by atoms with Gasteiger partial charge in [0.25, 0.3) is 0 Å². The molecule has 1 amide bonds. The van der Waals surface area contributed by atoms with Gasteiger partial charge in [0.15, 0.2) is 0 Å². The first-order valence-corrected chi connectivity index (χ1v) is 8.93. The van der Waals surface area contributed by atoms with Gasteiger partial charge in [0.1, 0.15) is 5.75 Å². The SMILES string of the molecule is COc1ccc(COCc2cccc(NC(=O)/C=C(\C)C3CC3)c2)cc1. The van der Waals surface area contributed by atoms with E-state index in [4.69, 9.17) is 9.47 Å². The van der Waals surface area contributed by atoms with Crippen molar-refractivity contribution in [1.82, 2.24) is 0 Å². The van der Waals surface area contributed by atoms with E-state index >= 15 is 0 Å². The topological polar surface area (TPSA) is 47.6 Å². The molecule has 0 heterocycles. The lowest BCUT2D eigenvalue weighted by Gasteiger charge is -2.08. The quantitative estimate of drug-likeness (QED) is 0.701. The van der Waals surface area contributed by atoms with Crippen molar-refractivity contribution in [3.63, 3.8) is 0 Å². The lowest BCUT2D eigenvalue weighted by molar-refractivity contribution is -0.112. The van der Waals surface area contributed by atoms with Crippen molar-refractivity contribution in [2.45, 2.75) is 33.0 Å². The summed E-state index contributed by atoms with van der Waals surface area (Å²) in [4.78, 5) is 12.1. The highest BCUT2D eigenvalue weighted by atomic mass is 16.5. The second kappa shape index (κ2) is 8.68. The van der Waals surface area contributed by atoms with Crippen molar-refractivity contribution in [3.8, 4) is 5.75 Å². The van der Waals surface area contributed by atoms with E-state index in [-0.39, 0.29) is 5.91 Å². The number of nitrogens with one attached hydrogen (secondary N) is 1. The van der Waals surface area contributed by atoms with E-state index in [9.17, 15) is 4.79 Å². The van der Waals surface area contributed by atoms with E-state index in [0.717, 1.165) is 22.6 Å². The van der Waals surface area contributed by atoms with Gasteiger partial charge in [-0.15, -0.1) is 0 Å². The Hall–Kier alpha value is -2.59. The molecule has 0 aromatic heterocycles. The molecule has 0 aliphatic heterocycles. The monoisotopic (exact) mass is 351 g/mol. The van der Waals surface area contributed by atoms with Crippen molar-refractivity contribution >= 4 is 11.6 Å². The predicted octanol–water partition coefficient (Wildman–Crippen LogP) is 4.71. The summed E-state index contributed by atoms with van der Waals surface area (Å²) < 4.78 is 10.9. The zero-order valence-electron chi connectivity index (χ0n) is 15.3. The van der Waals surface area contributed by atoms with Crippen LogP contribution in [-0.2, 0) is 22.7 Å². The van der Waals surface area contributed by atoms with Crippen LogP contribution in [0.1, 0.15) is 30.9 Å². The Balaban J connectivity index is 1.50. The zero-order chi connectivity index (χ0) is 18.4. The number of anilines is 1. The van der Waals surface area contributed by atoms with Crippen LogP contribution >= 0.6 is 0 Å². The molecule has 0 spiro atoms. The minimum absolute atomic E-state index is 0.0642. The highest BCUT2D eigenvalue weighted by Gasteiger charge is 2.23. The Morgan fingerprint density at radius 1 is 1.12 bits per heavy atom. The molecule has 2 aromatic carbocycles. The Kier molecular flexibility index (Phi) is 6.08. The molecule has 26 heavy (non-hydrogen) atoms. The second-order valence-electron chi connectivity index (χ2n) is 6.69. The molecule has 0 atom stereocenters. The van der Waals surface area contributed by atoms with Crippen molar-refractivity contribution in [3.05, 3.63) is 71.3 Å². The molecule has 4 nitrogen and oxygen atoms in total. The van der Waals surface area contributed by atoms with Crippen LogP contribution in [-0.4, -0.2) is 13.0 Å². The Bertz CT molecular complexity index is 776. The minimum Gasteiger partial charge on any atom is -0.497 e. The van der Waals surface area contributed by atoms with Gasteiger partial charge in [-0.2, -0.15) is 0 Å². The molecule has 4 heteroatoms. The van der Waals surface area contributed by atoms with Crippen LogP contribution in [0.3, 0.4) is 0 Å². The van der Waals surface area contributed by atoms with Gasteiger partial charge in [-0.05, 0) is 61.1 Å². The second-order valence-corrected chi connectivity index (χ2v) is 6.69. The highest BCUT2D eigenvalue weighted by Crippen LogP contribution is 2.35. The molecular weight excluding hydrogens is 326 g/mol. The Labute approximate surface area is 154 Å². The first kappa shape index (κ1) is 18.2. The van der Waals surface area contributed by atoms with Crippen molar-refractivity contribution < 1.29 is 14.3 Å². The molecule has 0 bridgehead atoms. The molecule has 3 rings (SSSR count). The van der Waals surface area contributed by atoms with Crippen LogP contribution in [0.5, 0.6) is 5.75 Å². The number of amides is 1. The number of benzene rings is 2. The summed E-state index contributed by atoms with van der Waals surface area (Å²) in [6.45, 7) is 3.05. The Morgan fingerprint density at radius 3 is 2.54 bits per heavy atom. The maximum Gasteiger partial charge on any atom is 0.248 e. The summed E-state index contributed by atoms with van der Waals surface area (Å²) in [5, 5.41) is 2.93. The number of hydrogen-bond donors (Lipinski definition) is 1. The van der Waals surface area contributed by atoms with Crippen LogP contribution in [0.2, 0.25) is 0 Å². The third kappa shape index (κ3) is 5.46. The van der Waals surface area contributed by atoms with Crippen LogP contribution in [0.25, 0.3) is 0 Å². The molecule has 0 saturated heterocycles. The van der Waals surface area contributed by atoms with Gasteiger partial charge in [0.05, 0.1) is 20.3 Å². The highest BCUT2D eigenvalue weighted by molar-refractivity contribution is 5.99. The van der Waals surface area contributed by atoms with Crippen LogP contribution in [0, 0.1) is 5.92 Å². The number of rotatable bonds is 8. The number of carbonyl (C=O) groups excluding carboxylic acids is 1. The maximum absolute atomic E-state index is 12.1. The number of carbonyl (C=O) groups is 1. The van der Waals surface area contributed by atoms with Crippen LogP contribution in [0.15, 0.2) is 60.2 Å². The summed E-state index contributed by atoms with van der Waals surface area (Å²) in [7, 11) is 1.65. The molecule has 1 fully saturated rings. The average Bonchev–Trinajstić information content (AvgIpc) is 3.48. The van der Waals surface area contributed by atoms with Gasteiger partial charge in [-0.25, -0.2) is 0 Å². The number of ether oxygens (including phenoxy) is 2. The summed E-state index contributed by atoms with van der Waals surface area (Å²) in [6, 6.07) is 15.6. The first-order chi connectivity index (χ1) is 12.6. The number of methoxy groups -OCH3 is 1. The predicted molar refractivity (Wildman–Crippen MR) is 103 cm³/mol. The van der Waals surface area contributed by atoms with Crippen molar-refractivity contribution in [2.24, 2.45) is 5.92 Å². The standard InChI is InChI=1S/C22H25NO3/c1-16(19-8-9-19)12-22(24)23-20-5-3-4-18(13-20)15-26-14-17-6-10-21(25-2)11-7-17/h3-7,10-13,19H,8-9,14-15H2,1-2H3,(H,23,24)/b16-12+. The fourth-order valence-corrected chi connectivity index (χ4v) is 2.79. The van der Waals surface area contributed by atoms with Gasteiger partial charge in [-0.3, -0.25) is 4.79 Å². The van der Waals surface area contributed by atoms with Gasteiger partial charge in [0, 0.05) is 11.8 Å². The molecular formula is C22H25NO3. The lowest BCUT2D eigenvalue weighted by atomic mass is 10.1. The number of allylic oxidation sites excluding steroid dienone is 1. The molecule has 0 unspecified atom stereocenters. The molecule has 2 aromatic rings.